The number of benzene rings is 2. The molecule has 5 heteroatoms. The van der Waals surface area contributed by atoms with Crippen molar-refractivity contribution >= 4 is 10.1 Å². The zero-order valence-electron chi connectivity index (χ0n) is 10.3. The molecule has 0 amide bonds. The summed E-state index contributed by atoms with van der Waals surface area (Å²) in [5, 5.41) is 0. The Labute approximate surface area is 111 Å². The van der Waals surface area contributed by atoms with Crippen LogP contribution in [0.1, 0.15) is 11.1 Å². The van der Waals surface area contributed by atoms with Gasteiger partial charge in [-0.05, 0) is 25.1 Å². The third-order valence-corrected chi connectivity index (χ3v) is 3.91. The van der Waals surface area contributed by atoms with Gasteiger partial charge in [-0.3, -0.25) is 4.18 Å². The van der Waals surface area contributed by atoms with Crippen LogP contribution in [0.3, 0.4) is 0 Å². The molecule has 0 aliphatic heterocycles. The van der Waals surface area contributed by atoms with Crippen LogP contribution in [0.15, 0.2) is 53.4 Å². The van der Waals surface area contributed by atoms with Crippen LogP contribution in [-0.2, 0) is 20.9 Å². The second-order valence-electron chi connectivity index (χ2n) is 4.12. The van der Waals surface area contributed by atoms with E-state index in [4.69, 9.17) is 4.18 Å². The number of hydrogen-bond acceptors (Lipinski definition) is 3. The lowest BCUT2D eigenvalue weighted by atomic mass is 10.2. The summed E-state index contributed by atoms with van der Waals surface area (Å²) >= 11 is 0. The summed E-state index contributed by atoms with van der Waals surface area (Å²) in [5.41, 5.74) is 1.16. The molecule has 0 N–H and O–H groups in total. The number of rotatable bonds is 4. The minimum absolute atomic E-state index is 0.0643. The number of aryl methyl sites for hydroxylation is 1. The largest absolute Gasteiger partial charge is 0.297 e. The molecule has 0 radical (unpaired) electrons. The highest BCUT2D eigenvalue weighted by Gasteiger charge is 2.15. The lowest BCUT2D eigenvalue weighted by Crippen LogP contribution is -2.07. The van der Waals surface area contributed by atoms with Crippen molar-refractivity contribution in [3.63, 3.8) is 0 Å². The number of halogens is 1. The summed E-state index contributed by atoms with van der Waals surface area (Å²) in [6.07, 6.45) is 0. The lowest BCUT2D eigenvalue weighted by Gasteiger charge is -2.06. The summed E-state index contributed by atoms with van der Waals surface area (Å²) in [7, 11) is -3.86. The normalized spacial score (nSPS) is 11.5. The van der Waals surface area contributed by atoms with Gasteiger partial charge in [0.25, 0.3) is 10.1 Å². The molecule has 0 unspecified atom stereocenters. The average Bonchev–Trinajstić information content (AvgIpc) is 2.38. The van der Waals surface area contributed by atoms with E-state index in [1.165, 1.54) is 30.3 Å². The van der Waals surface area contributed by atoms with E-state index < -0.39 is 15.9 Å². The van der Waals surface area contributed by atoms with Crippen molar-refractivity contribution in [1.29, 1.82) is 0 Å². The third-order valence-electron chi connectivity index (χ3n) is 2.64. The zero-order valence-corrected chi connectivity index (χ0v) is 11.2. The van der Waals surface area contributed by atoms with Crippen LogP contribution in [0.5, 0.6) is 0 Å². The number of hydrogen-bond donors (Lipinski definition) is 0. The van der Waals surface area contributed by atoms with Crippen LogP contribution in [0.25, 0.3) is 0 Å². The molecule has 0 aromatic heterocycles. The maximum atomic E-state index is 13.3. The monoisotopic (exact) mass is 280 g/mol. The van der Waals surface area contributed by atoms with Gasteiger partial charge in [-0.25, -0.2) is 4.39 Å². The van der Waals surface area contributed by atoms with Crippen molar-refractivity contribution in [2.75, 3.05) is 0 Å². The van der Waals surface area contributed by atoms with Crippen molar-refractivity contribution in [1.82, 2.24) is 0 Å². The van der Waals surface area contributed by atoms with Gasteiger partial charge in [0.2, 0.25) is 0 Å². The molecule has 0 atom stereocenters. The highest BCUT2D eigenvalue weighted by atomic mass is 32.2. The first-order valence-electron chi connectivity index (χ1n) is 5.68. The van der Waals surface area contributed by atoms with Crippen LogP contribution in [-0.4, -0.2) is 8.42 Å². The molecule has 2 aromatic rings. The fraction of sp³-hybridized carbons (Fsp3) is 0.143. The van der Waals surface area contributed by atoms with Crippen molar-refractivity contribution in [2.24, 2.45) is 0 Å². The van der Waals surface area contributed by atoms with Crippen LogP contribution in [0, 0.1) is 12.7 Å². The van der Waals surface area contributed by atoms with Crippen molar-refractivity contribution in [2.45, 2.75) is 18.4 Å². The molecule has 19 heavy (non-hydrogen) atoms. The topological polar surface area (TPSA) is 43.4 Å². The van der Waals surface area contributed by atoms with Gasteiger partial charge in [0.15, 0.2) is 0 Å². The van der Waals surface area contributed by atoms with E-state index >= 15 is 0 Å². The highest BCUT2D eigenvalue weighted by Crippen LogP contribution is 2.16. The van der Waals surface area contributed by atoms with E-state index in [0.29, 0.717) is 0 Å². The molecular weight excluding hydrogens is 267 g/mol. The van der Waals surface area contributed by atoms with Gasteiger partial charge in [0.1, 0.15) is 5.82 Å². The van der Waals surface area contributed by atoms with Crippen LogP contribution < -0.4 is 0 Å². The summed E-state index contributed by atoms with van der Waals surface area (Å²) in [6.45, 7) is 1.54. The molecule has 100 valence electrons. The molecule has 3 nitrogen and oxygen atoms in total. The lowest BCUT2D eigenvalue weighted by molar-refractivity contribution is 0.302. The smallest absolute Gasteiger partial charge is 0.261 e. The molecule has 0 heterocycles. The molecule has 0 saturated carbocycles. The Morgan fingerprint density at radius 3 is 2.32 bits per heavy atom. The molecule has 0 spiro atoms. The molecule has 0 bridgehead atoms. The van der Waals surface area contributed by atoms with Crippen molar-refractivity contribution < 1.29 is 17.0 Å². The molecule has 2 rings (SSSR count). The molecular formula is C14H13FO3S. The standard InChI is InChI=1S/C14H13FO3S/c1-11-6-8-13(9-7-11)19(16,17)18-10-12-4-2-3-5-14(12)15/h2-9H,10H2,1H3. The van der Waals surface area contributed by atoms with E-state index in [2.05, 4.69) is 0 Å². The van der Waals surface area contributed by atoms with Gasteiger partial charge in [0, 0.05) is 5.56 Å². The maximum absolute atomic E-state index is 13.3. The molecule has 0 saturated heterocycles. The Kier molecular flexibility index (Phi) is 3.97. The van der Waals surface area contributed by atoms with Gasteiger partial charge < -0.3 is 0 Å². The Hall–Kier alpha value is -1.72. The first-order chi connectivity index (χ1) is 8.99. The summed E-state index contributed by atoms with van der Waals surface area (Å²) in [6, 6.07) is 12.2. The molecule has 0 aliphatic rings. The minimum atomic E-state index is -3.86. The molecule has 0 aliphatic carbocycles. The van der Waals surface area contributed by atoms with Gasteiger partial charge in [0.05, 0.1) is 11.5 Å². The predicted molar refractivity (Wildman–Crippen MR) is 69.6 cm³/mol. The first kappa shape index (κ1) is 13.7. The fourth-order valence-corrected chi connectivity index (χ4v) is 2.42. The Morgan fingerprint density at radius 1 is 1.05 bits per heavy atom. The van der Waals surface area contributed by atoms with Gasteiger partial charge >= 0.3 is 0 Å². The van der Waals surface area contributed by atoms with E-state index in [-0.39, 0.29) is 17.1 Å². The summed E-state index contributed by atoms with van der Waals surface area (Å²) < 4.78 is 42.0. The van der Waals surface area contributed by atoms with Crippen molar-refractivity contribution in [3.8, 4) is 0 Å². The van der Waals surface area contributed by atoms with E-state index in [1.807, 2.05) is 6.92 Å². The quantitative estimate of drug-likeness (QED) is 0.808. The van der Waals surface area contributed by atoms with Gasteiger partial charge in [-0.2, -0.15) is 8.42 Å². The Balaban J connectivity index is 2.14. The second-order valence-corrected chi connectivity index (χ2v) is 5.74. The van der Waals surface area contributed by atoms with Crippen LogP contribution >= 0.6 is 0 Å². The minimum Gasteiger partial charge on any atom is -0.261 e. The van der Waals surface area contributed by atoms with Crippen LogP contribution in [0.2, 0.25) is 0 Å². The van der Waals surface area contributed by atoms with Gasteiger partial charge in [-0.1, -0.05) is 35.9 Å². The third kappa shape index (κ3) is 3.39. The van der Waals surface area contributed by atoms with E-state index in [0.717, 1.165) is 5.56 Å². The Bertz CT molecular complexity index is 663. The summed E-state index contributed by atoms with van der Waals surface area (Å²) in [5.74, 6) is -0.485. The van der Waals surface area contributed by atoms with Crippen molar-refractivity contribution in [3.05, 3.63) is 65.5 Å². The van der Waals surface area contributed by atoms with Gasteiger partial charge in [-0.15, -0.1) is 0 Å². The highest BCUT2D eigenvalue weighted by molar-refractivity contribution is 7.86. The maximum Gasteiger partial charge on any atom is 0.297 e. The predicted octanol–water partition coefficient (Wildman–Crippen LogP) is 3.04. The fourth-order valence-electron chi connectivity index (χ4n) is 1.53. The average molecular weight is 280 g/mol. The zero-order chi connectivity index (χ0) is 13.9. The van der Waals surface area contributed by atoms with Crippen LogP contribution in [0.4, 0.5) is 4.39 Å². The molecule has 2 aromatic carbocycles. The second kappa shape index (κ2) is 5.50. The van der Waals surface area contributed by atoms with E-state index in [1.54, 1.807) is 18.2 Å². The summed E-state index contributed by atoms with van der Waals surface area (Å²) in [4.78, 5) is 0.0643. The Morgan fingerprint density at radius 2 is 1.68 bits per heavy atom. The first-order valence-corrected chi connectivity index (χ1v) is 7.09. The molecule has 0 fully saturated rings. The SMILES string of the molecule is Cc1ccc(S(=O)(=O)OCc2ccccc2F)cc1. The van der Waals surface area contributed by atoms with E-state index in [9.17, 15) is 12.8 Å².